The van der Waals surface area contributed by atoms with Crippen LogP contribution in [0.25, 0.3) is 11.0 Å². The third kappa shape index (κ3) is 2.16. The van der Waals surface area contributed by atoms with Crippen LogP contribution in [0, 0.1) is 5.82 Å². The Hall–Kier alpha value is -1.95. The van der Waals surface area contributed by atoms with Crippen molar-refractivity contribution in [1.82, 2.24) is 14.8 Å². The topological polar surface area (TPSA) is 50.7 Å². The first kappa shape index (κ1) is 13.1. The lowest BCUT2D eigenvalue weighted by Crippen LogP contribution is -2.15. The van der Waals surface area contributed by atoms with Crippen LogP contribution in [0.3, 0.4) is 0 Å². The molecule has 0 atom stereocenters. The zero-order chi connectivity index (χ0) is 14.3. The lowest BCUT2D eigenvalue weighted by atomic mass is 10.1. The molecule has 3 aromatic rings. The summed E-state index contributed by atoms with van der Waals surface area (Å²) in [4.78, 5) is 11.5. The van der Waals surface area contributed by atoms with Crippen molar-refractivity contribution in [2.45, 2.75) is 6.42 Å². The maximum absolute atomic E-state index is 13.9. The van der Waals surface area contributed by atoms with E-state index in [1.165, 1.54) is 16.7 Å². The van der Waals surface area contributed by atoms with E-state index in [2.05, 4.69) is 26.1 Å². The normalized spacial score (nSPS) is 11.2. The molecule has 0 aliphatic rings. The molecule has 0 radical (unpaired) electrons. The molecule has 0 unspecified atom stereocenters. The summed E-state index contributed by atoms with van der Waals surface area (Å²) >= 11 is 3.23. The average molecular weight is 336 g/mol. The van der Waals surface area contributed by atoms with Crippen molar-refractivity contribution < 1.29 is 4.39 Å². The van der Waals surface area contributed by atoms with E-state index in [0.717, 1.165) is 11.1 Å². The predicted octanol–water partition coefficient (Wildman–Crippen LogP) is 2.75. The Morgan fingerprint density at radius 1 is 1.35 bits per heavy atom. The number of aryl methyl sites for hydroxylation is 1. The van der Waals surface area contributed by atoms with E-state index in [9.17, 15) is 9.18 Å². The molecule has 0 saturated heterocycles. The molecular weight excluding hydrogens is 325 g/mol. The van der Waals surface area contributed by atoms with Gasteiger partial charge in [-0.2, -0.15) is 5.10 Å². The zero-order valence-electron chi connectivity index (χ0n) is 10.7. The van der Waals surface area contributed by atoms with E-state index in [-0.39, 0.29) is 11.4 Å². The van der Waals surface area contributed by atoms with Crippen molar-refractivity contribution in [3.8, 4) is 0 Å². The van der Waals surface area contributed by atoms with Gasteiger partial charge in [0.05, 0.1) is 0 Å². The second-order valence-corrected chi connectivity index (χ2v) is 5.50. The van der Waals surface area contributed by atoms with Crippen LogP contribution in [-0.2, 0) is 13.5 Å². The largest absolute Gasteiger partial charge is 0.294 e. The smallest absolute Gasteiger partial charge is 0.251 e. The first-order valence-corrected chi connectivity index (χ1v) is 6.82. The van der Waals surface area contributed by atoms with E-state index in [1.54, 1.807) is 25.2 Å². The first-order valence-electron chi connectivity index (χ1n) is 6.03. The third-order valence-electron chi connectivity index (χ3n) is 3.29. The number of nitrogens with one attached hydrogen (secondary N) is 1. The van der Waals surface area contributed by atoms with Gasteiger partial charge in [0.25, 0.3) is 5.56 Å². The Morgan fingerprint density at radius 2 is 2.15 bits per heavy atom. The Labute approximate surface area is 122 Å². The van der Waals surface area contributed by atoms with Gasteiger partial charge in [0.1, 0.15) is 5.82 Å². The van der Waals surface area contributed by atoms with Crippen molar-refractivity contribution in [2.24, 2.45) is 7.05 Å². The number of halogens is 2. The molecule has 4 nitrogen and oxygen atoms in total. The van der Waals surface area contributed by atoms with Gasteiger partial charge in [-0.1, -0.05) is 22.0 Å². The first-order chi connectivity index (χ1) is 9.56. The van der Waals surface area contributed by atoms with Crippen LogP contribution in [-0.4, -0.2) is 14.8 Å². The van der Waals surface area contributed by atoms with Crippen LogP contribution in [0.2, 0.25) is 0 Å². The van der Waals surface area contributed by atoms with Gasteiger partial charge in [-0.3, -0.25) is 14.5 Å². The number of fused-ring (bicyclic) bond motifs is 1. The predicted molar refractivity (Wildman–Crippen MR) is 78.2 cm³/mol. The molecule has 0 bridgehead atoms. The molecule has 2 heterocycles. The van der Waals surface area contributed by atoms with Crippen LogP contribution in [0.15, 0.2) is 39.6 Å². The van der Waals surface area contributed by atoms with Gasteiger partial charge >= 0.3 is 0 Å². The molecule has 102 valence electrons. The lowest BCUT2D eigenvalue weighted by molar-refractivity contribution is 0.612. The average Bonchev–Trinajstić information content (AvgIpc) is 2.81. The molecule has 0 amide bonds. The minimum atomic E-state index is -0.271. The van der Waals surface area contributed by atoms with Gasteiger partial charge < -0.3 is 0 Å². The highest BCUT2D eigenvalue weighted by atomic mass is 79.9. The minimum absolute atomic E-state index is 0.120. The highest BCUT2D eigenvalue weighted by molar-refractivity contribution is 9.10. The quantitative estimate of drug-likeness (QED) is 0.782. The molecule has 0 aliphatic carbocycles. The number of hydrogen-bond donors (Lipinski definition) is 1. The fourth-order valence-corrected chi connectivity index (χ4v) is 2.50. The van der Waals surface area contributed by atoms with E-state index < -0.39 is 0 Å². The van der Waals surface area contributed by atoms with Crippen molar-refractivity contribution in [2.75, 3.05) is 0 Å². The summed E-state index contributed by atoms with van der Waals surface area (Å²) in [7, 11) is 1.66. The van der Waals surface area contributed by atoms with Gasteiger partial charge in [0.15, 0.2) is 5.65 Å². The number of H-pyrrole nitrogens is 1. The number of aromatic amines is 1. The second-order valence-electron chi connectivity index (χ2n) is 4.58. The van der Waals surface area contributed by atoms with Gasteiger partial charge in [-0.25, -0.2) is 4.39 Å². The Bertz CT molecular complexity index is 853. The molecule has 6 heteroatoms. The molecule has 1 aromatic carbocycles. The van der Waals surface area contributed by atoms with Gasteiger partial charge in [0, 0.05) is 35.1 Å². The van der Waals surface area contributed by atoms with E-state index >= 15 is 0 Å². The maximum Gasteiger partial charge on any atom is 0.251 e. The summed E-state index contributed by atoms with van der Waals surface area (Å²) in [5.41, 5.74) is 1.82. The fraction of sp³-hybridized carbons (Fsp3) is 0.143. The van der Waals surface area contributed by atoms with Crippen molar-refractivity contribution in [1.29, 1.82) is 0 Å². The highest BCUT2D eigenvalue weighted by Gasteiger charge is 2.11. The number of nitrogens with zero attached hydrogens (tertiary/aromatic N) is 2. The number of aromatic nitrogens is 3. The molecular formula is C14H11BrFN3O. The van der Waals surface area contributed by atoms with Gasteiger partial charge in [-0.15, -0.1) is 0 Å². The fourth-order valence-electron chi connectivity index (χ4n) is 2.17. The van der Waals surface area contributed by atoms with Crippen LogP contribution in [0.5, 0.6) is 0 Å². The molecule has 0 saturated carbocycles. The highest BCUT2D eigenvalue weighted by Crippen LogP contribution is 2.21. The minimum Gasteiger partial charge on any atom is -0.294 e. The summed E-state index contributed by atoms with van der Waals surface area (Å²) in [5, 5.41) is 7.84. The number of benzene rings is 1. The summed E-state index contributed by atoms with van der Waals surface area (Å²) in [6, 6.07) is 8.16. The van der Waals surface area contributed by atoms with Crippen LogP contribution >= 0.6 is 15.9 Å². The molecule has 20 heavy (non-hydrogen) atoms. The van der Waals surface area contributed by atoms with Crippen LogP contribution in [0.1, 0.15) is 11.3 Å². The molecule has 0 aliphatic heterocycles. The molecule has 0 spiro atoms. The maximum atomic E-state index is 13.9. The van der Waals surface area contributed by atoms with Crippen molar-refractivity contribution in [3.63, 3.8) is 0 Å². The summed E-state index contributed by atoms with van der Waals surface area (Å²) < 4.78 is 16.0. The van der Waals surface area contributed by atoms with Crippen molar-refractivity contribution in [3.05, 3.63) is 62.2 Å². The third-order valence-corrected chi connectivity index (χ3v) is 3.78. The number of rotatable bonds is 2. The molecule has 0 fully saturated rings. The van der Waals surface area contributed by atoms with Gasteiger partial charge in [0.2, 0.25) is 0 Å². The zero-order valence-corrected chi connectivity index (χ0v) is 12.2. The molecule has 1 N–H and O–H groups in total. The van der Waals surface area contributed by atoms with Crippen LogP contribution in [0.4, 0.5) is 4.39 Å². The SMILES string of the molecule is Cn1c(=O)ccc2c(Cc3ccc(Br)cc3F)[nH]nc21. The second kappa shape index (κ2) is 4.86. The van der Waals surface area contributed by atoms with Crippen molar-refractivity contribution >= 4 is 27.0 Å². The Kier molecular flexibility index (Phi) is 3.17. The van der Waals surface area contributed by atoms with E-state index in [0.29, 0.717) is 22.1 Å². The summed E-state index contributed by atoms with van der Waals surface area (Å²) in [6.45, 7) is 0. The van der Waals surface area contributed by atoms with Gasteiger partial charge in [-0.05, 0) is 23.8 Å². The van der Waals surface area contributed by atoms with E-state index in [1.807, 2.05) is 0 Å². The monoisotopic (exact) mass is 335 g/mol. The van der Waals surface area contributed by atoms with E-state index in [4.69, 9.17) is 0 Å². The number of pyridine rings is 1. The molecule has 2 aromatic heterocycles. The van der Waals surface area contributed by atoms with Crippen LogP contribution < -0.4 is 5.56 Å². The molecule has 3 rings (SSSR count). The summed E-state index contributed by atoms with van der Waals surface area (Å²) in [5.74, 6) is -0.271. The standard InChI is InChI=1S/C14H11BrFN3O/c1-19-13(20)5-4-10-12(17-18-14(10)19)6-8-2-3-9(15)7-11(8)16/h2-5,7H,6H2,1H3,(H,17,18). The summed E-state index contributed by atoms with van der Waals surface area (Å²) in [6.07, 6.45) is 0.397. The Balaban J connectivity index is 2.07. The lowest BCUT2D eigenvalue weighted by Gasteiger charge is -2.03. The number of hydrogen-bond acceptors (Lipinski definition) is 2. The Morgan fingerprint density at radius 3 is 2.90 bits per heavy atom.